The molecule has 1 heteroatoms. The van der Waals surface area contributed by atoms with Gasteiger partial charge in [-0.2, -0.15) is 5.26 Å². The fraction of sp³-hybridized carbons (Fsp3) is 0.875. The van der Waals surface area contributed by atoms with Crippen molar-refractivity contribution in [1.29, 1.82) is 5.26 Å². The Balaban J connectivity index is 3.68. The van der Waals surface area contributed by atoms with Gasteiger partial charge >= 0.3 is 0 Å². The van der Waals surface area contributed by atoms with Crippen LogP contribution < -0.4 is 0 Å². The van der Waals surface area contributed by atoms with Crippen molar-refractivity contribution >= 4 is 0 Å². The third-order valence-electron chi connectivity index (χ3n) is 1.94. The van der Waals surface area contributed by atoms with E-state index in [0.717, 1.165) is 12.8 Å². The van der Waals surface area contributed by atoms with Gasteiger partial charge in [0.15, 0.2) is 0 Å². The molecule has 0 aromatic carbocycles. The molecule has 0 aliphatic carbocycles. The molecule has 0 bridgehead atoms. The summed E-state index contributed by atoms with van der Waals surface area (Å²) in [6, 6.07) is 2.30. The van der Waals surface area contributed by atoms with Crippen LogP contribution in [0.25, 0.3) is 0 Å². The fourth-order valence-corrected chi connectivity index (χ4v) is 0.905. The van der Waals surface area contributed by atoms with Gasteiger partial charge in [-0.1, -0.05) is 27.2 Å². The summed E-state index contributed by atoms with van der Waals surface area (Å²) in [5.74, 6) is 0.843. The SMILES string of the molecule is CC[C@@H](C#N)[C@@H](C)CC. The van der Waals surface area contributed by atoms with Gasteiger partial charge in [0.05, 0.1) is 6.07 Å². The van der Waals surface area contributed by atoms with Crippen molar-refractivity contribution in [2.45, 2.75) is 33.6 Å². The predicted octanol–water partition coefficient (Wildman–Crippen LogP) is 2.58. The molecule has 0 spiro atoms. The Morgan fingerprint density at radius 3 is 2.00 bits per heavy atom. The Labute approximate surface area is 57.7 Å². The van der Waals surface area contributed by atoms with Crippen molar-refractivity contribution in [3.8, 4) is 6.07 Å². The molecular formula is C8H15N. The van der Waals surface area contributed by atoms with Crippen LogP contribution in [0.1, 0.15) is 33.6 Å². The second kappa shape index (κ2) is 4.38. The molecule has 0 aliphatic heterocycles. The summed E-state index contributed by atoms with van der Waals surface area (Å²) in [5, 5.41) is 8.58. The maximum atomic E-state index is 8.58. The first-order chi connectivity index (χ1) is 4.26. The Bertz CT molecular complexity index is 102. The van der Waals surface area contributed by atoms with Crippen molar-refractivity contribution in [2.75, 3.05) is 0 Å². The molecule has 0 N–H and O–H groups in total. The lowest BCUT2D eigenvalue weighted by molar-refractivity contribution is 0.415. The Morgan fingerprint density at radius 2 is 1.89 bits per heavy atom. The van der Waals surface area contributed by atoms with Gasteiger partial charge in [-0.15, -0.1) is 0 Å². The van der Waals surface area contributed by atoms with Crippen molar-refractivity contribution < 1.29 is 0 Å². The van der Waals surface area contributed by atoms with Gasteiger partial charge in [0.1, 0.15) is 0 Å². The molecular weight excluding hydrogens is 110 g/mol. The molecule has 1 nitrogen and oxygen atoms in total. The van der Waals surface area contributed by atoms with Gasteiger partial charge in [-0.05, 0) is 12.3 Å². The number of hydrogen-bond acceptors (Lipinski definition) is 1. The second-order valence-corrected chi connectivity index (χ2v) is 2.53. The quantitative estimate of drug-likeness (QED) is 0.568. The lowest BCUT2D eigenvalue weighted by Crippen LogP contribution is -2.06. The molecule has 0 saturated carbocycles. The van der Waals surface area contributed by atoms with E-state index in [1.165, 1.54) is 0 Å². The Morgan fingerprint density at radius 1 is 1.33 bits per heavy atom. The highest BCUT2D eigenvalue weighted by Gasteiger charge is 2.11. The van der Waals surface area contributed by atoms with Crippen LogP contribution in [-0.4, -0.2) is 0 Å². The number of nitriles is 1. The van der Waals surface area contributed by atoms with Crippen LogP contribution in [0.5, 0.6) is 0 Å². The molecule has 0 amide bonds. The minimum absolute atomic E-state index is 0.273. The summed E-state index contributed by atoms with van der Waals surface area (Å²) in [6.07, 6.45) is 2.11. The fourth-order valence-electron chi connectivity index (χ4n) is 0.905. The zero-order valence-corrected chi connectivity index (χ0v) is 6.52. The summed E-state index contributed by atoms with van der Waals surface area (Å²) < 4.78 is 0. The number of nitrogens with zero attached hydrogens (tertiary/aromatic N) is 1. The molecule has 0 rings (SSSR count). The second-order valence-electron chi connectivity index (χ2n) is 2.53. The third-order valence-corrected chi connectivity index (χ3v) is 1.94. The van der Waals surface area contributed by atoms with E-state index in [2.05, 4.69) is 26.8 Å². The van der Waals surface area contributed by atoms with E-state index in [4.69, 9.17) is 5.26 Å². The maximum absolute atomic E-state index is 8.58. The van der Waals surface area contributed by atoms with Crippen molar-refractivity contribution in [2.24, 2.45) is 11.8 Å². The molecule has 0 heterocycles. The highest BCUT2D eigenvalue weighted by Crippen LogP contribution is 2.16. The minimum Gasteiger partial charge on any atom is -0.198 e. The summed E-state index contributed by atoms with van der Waals surface area (Å²) in [4.78, 5) is 0. The normalized spacial score (nSPS) is 16.2. The van der Waals surface area contributed by atoms with E-state index in [0.29, 0.717) is 5.92 Å². The summed E-state index contributed by atoms with van der Waals surface area (Å²) in [6.45, 7) is 6.34. The van der Waals surface area contributed by atoms with E-state index >= 15 is 0 Å². The molecule has 0 aromatic rings. The topological polar surface area (TPSA) is 23.8 Å². The molecule has 0 fully saturated rings. The molecule has 0 aromatic heterocycles. The van der Waals surface area contributed by atoms with Crippen LogP contribution in [0.2, 0.25) is 0 Å². The zero-order chi connectivity index (χ0) is 7.28. The van der Waals surface area contributed by atoms with Crippen LogP contribution in [0.4, 0.5) is 0 Å². The van der Waals surface area contributed by atoms with Crippen LogP contribution in [0.15, 0.2) is 0 Å². The predicted molar refractivity (Wildman–Crippen MR) is 38.8 cm³/mol. The summed E-state index contributed by atoms with van der Waals surface area (Å²) in [5.41, 5.74) is 0. The Kier molecular flexibility index (Phi) is 4.13. The van der Waals surface area contributed by atoms with E-state index in [1.807, 2.05) is 0 Å². The largest absolute Gasteiger partial charge is 0.198 e. The molecule has 0 saturated heterocycles. The highest BCUT2D eigenvalue weighted by atomic mass is 14.3. The highest BCUT2D eigenvalue weighted by molar-refractivity contribution is 4.84. The lowest BCUT2D eigenvalue weighted by atomic mass is 9.91. The average Bonchev–Trinajstić information content (AvgIpc) is 1.90. The standard InChI is InChI=1S/C8H15N/c1-4-7(3)8(5-2)6-9/h7-8H,4-5H2,1-3H3/t7-,8-/m0/s1. The third kappa shape index (κ3) is 2.51. The van der Waals surface area contributed by atoms with Gasteiger partial charge in [-0.3, -0.25) is 0 Å². The summed E-state index contributed by atoms with van der Waals surface area (Å²) >= 11 is 0. The van der Waals surface area contributed by atoms with Crippen molar-refractivity contribution in [3.63, 3.8) is 0 Å². The Hall–Kier alpha value is -0.510. The van der Waals surface area contributed by atoms with Crippen LogP contribution in [0.3, 0.4) is 0 Å². The van der Waals surface area contributed by atoms with Crippen LogP contribution in [0, 0.1) is 23.2 Å². The molecule has 52 valence electrons. The molecule has 9 heavy (non-hydrogen) atoms. The molecule has 0 radical (unpaired) electrons. The first-order valence-electron chi connectivity index (χ1n) is 3.65. The van der Waals surface area contributed by atoms with E-state index in [9.17, 15) is 0 Å². The number of hydrogen-bond donors (Lipinski definition) is 0. The van der Waals surface area contributed by atoms with E-state index < -0.39 is 0 Å². The number of rotatable bonds is 3. The molecule has 2 atom stereocenters. The minimum atomic E-state index is 0.273. The smallest absolute Gasteiger partial charge is 0.0658 e. The van der Waals surface area contributed by atoms with Crippen LogP contribution >= 0.6 is 0 Å². The zero-order valence-electron chi connectivity index (χ0n) is 6.52. The average molecular weight is 125 g/mol. The van der Waals surface area contributed by atoms with Gasteiger partial charge < -0.3 is 0 Å². The van der Waals surface area contributed by atoms with Gasteiger partial charge in [0.2, 0.25) is 0 Å². The van der Waals surface area contributed by atoms with Gasteiger partial charge in [0.25, 0.3) is 0 Å². The van der Waals surface area contributed by atoms with Gasteiger partial charge in [0, 0.05) is 5.92 Å². The van der Waals surface area contributed by atoms with Crippen molar-refractivity contribution in [3.05, 3.63) is 0 Å². The monoisotopic (exact) mass is 125 g/mol. The molecule has 0 unspecified atom stereocenters. The lowest BCUT2D eigenvalue weighted by Gasteiger charge is -2.11. The maximum Gasteiger partial charge on any atom is 0.0658 e. The molecule has 0 aliphatic rings. The summed E-state index contributed by atoms with van der Waals surface area (Å²) in [7, 11) is 0. The van der Waals surface area contributed by atoms with Crippen molar-refractivity contribution in [1.82, 2.24) is 0 Å². The first-order valence-corrected chi connectivity index (χ1v) is 3.65. The van der Waals surface area contributed by atoms with Crippen LogP contribution in [-0.2, 0) is 0 Å². The van der Waals surface area contributed by atoms with Gasteiger partial charge in [-0.25, -0.2) is 0 Å². The van der Waals surface area contributed by atoms with E-state index in [-0.39, 0.29) is 5.92 Å². The van der Waals surface area contributed by atoms with E-state index in [1.54, 1.807) is 0 Å². The first kappa shape index (κ1) is 8.49.